The normalized spacial score (nSPS) is 12.3. The third-order valence-electron chi connectivity index (χ3n) is 8.34. The van der Waals surface area contributed by atoms with E-state index >= 15 is 0 Å². The summed E-state index contributed by atoms with van der Waals surface area (Å²) in [5.41, 5.74) is 9.13. The molecule has 0 amide bonds. The summed E-state index contributed by atoms with van der Waals surface area (Å²) in [6.07, 6.45) is 0. The average molecular weight is 478 g/mol. The molecule has 0 atom stereocenters. The van der Waals surface area contributed by atoms with Crippen molar-refractivity contribution in [3.63, 3.8) is 0 Å². The second kappa shape index (κ2) is 7.50. The van der Waals surface area contributed by atoms with Crippen molar-refractivity contribution in [2.24, 2.45) is 7.05 Å². The van der Waals surface area contributed by atoms with Crippen LogP contribution in [0.5, 0.6) is 0 Å². The molecule has 3 heterocycles. The predicted octanol–water partition coefficient (Wildman–Crippen LogP) is 8.62. The lowest BCUT2D eigenvalue weighted by Gasteiger charge is -2.10. The molecule has 0 aliphatic carbocycles. The van der Waals surface area contributed by atoms with E-state index < -0.39 is 0 Å². The van der Waals surface area contributed by atoms with E-state index in [0.29, 0.717) is 0 Å². The largest absolute Gasteiger partial charge is 0.344 e. The zero-order chi connectivity index (χ0) is 24.7. The van der Waals surface area contributed by atoms with Gasteiger partial charge in [-0.3, -0.25) is 0 Å². The lowest BCUT2D eigenvalue weighted by molar-refractivity contribution is 0.827. The number of hydrogen-bond donors (Lipinski definition) is 0. The zero-order valence-electron chi connectivity index (χ0n) is 21.1. The maximum atomic E-state index is 2.53. The Balaban J connectivity index is 1.47. The number of aromatic nitrogens is 3. The van der Waals surface area contributed by atoms with E-state index in [4.69, 9.17) is 0 Å². The Kier molecular flexibility index (Phi) is 4.19. The number of para-hydroxylation sites is 3. The SMILES string of the molecule is CCn1c2ccccc2c2cc3c(cc21)c1ccccc1n3Cc1cccc2c1c1ccccc1n2C. The van der Waals surface area contributed by atoms with Crippen LogP contribution in [-0.2, 0) is 20.1 Å². The minimum atomic E-state index is 0.827. The fourth-order valence-corrected chi connectivity index (χ4v) is 6.69. The third kappa shape index (κ3) is 2.71. The standard InChI is InChI=1S/C34H27N3/c1-3-36-29-16-8-4-12-23(29)26-20-33-27(19-32(26)36)24-13-5-9-17-30(24)37(33)21-22-11-10-18-31-34(22)25-14-6-7-15-28(25)35(31)2/h4-20H,3,21H2,1-2H3. The van der Waals surface area contributed by atoms with Crippen LogP contribution in [0.4, 0.5) is 0 Å². The Bertz CT molecular complexity index is 2170. The third-order valence-corrected chi connectivity index (χ3v) is 8.34. The first kappa shape index (κ1) is 20.7. The van der Waals surface area contributed by atoms with Gasteiger partial charge in [-0.2, -0.15) is 0 Å². The average Bonchev–Trinajstić information content (AvgIpc) is 3.54. The first-order valence-corrected chi connectivity index (χ1v) is 13.1. The highest BCUT2D eigenvalue weighted by atomic mass is 15.0. The van der Waals surface area contributed by atoms with Gasteiger partial charge < -0.3 is 13.7 Å². The van der Waals surface area contributed by atoms with Gasteiger partial charge in [0.2, 0.25) is 0 Å². The Morgan fingerprint density at radius 2 is 1.03 bits per heavy atom. The van der Waals surface area contributed by atoms with Crippen molar-refractivity contribution < 1.29 is 0 Å². The van der Waals surface area contributed by atoms with E-state index in [0.717, 1.165) is 13.1 Å². The number of aryl methyl sites for hydroxylation is 2. The van der Waals surface area contributed by atoms with Crippen LogP contribution in [-0.4, -0.2) is 13.7 Å². The molecule has 3 heteroatoms. The number of nitrogens with zero attached hydrogens (tertiary/aromatic N) is 3. The summed E-state index contributed by atoms with van der Waals surface area (Å²) in [6, 6.07) is 38.1. The minimum absolute atomic E-state index is 0.827. The van der Waals surface area contributed by atoms with E-state index in [9.17, 15) is 0 Å². The smallest absolute Gasteiger partial charge is 0.0502 e. The second-order valence-electron chi connectivity index (χ2n) is 10.1. The molecule has 0 radical (unpaired) electrons. The van der Waals surface area contributed by atoms with Gasteiger partial charge >= 0.3 is 0 Å². The molecule has 178 valence electrons. The van der Waals surface area contributed by atoms with E-state index in [1.807, 2.05) is 0 Å². The molecule has 0 fully saturated rings. The van der Waals surface area contributed by atoms with Crippen molar-refractivity contribution in [1.29, 1.82) is 0 Å². The van der Waals surface area contributed by atoms with Crippen LogP contribution >= 0.6 is 0 Å². The minimum Gasteiger partial charge on any atom is -0.344 e. The maximum absolute atomic E-state index is 2.53. The van der Waals surface area contributed by atoms with Crippen LogP contribution in [0.3, 0.4) is 0 Å². The van der Waals surface area contributed by atoms with Crippen molar-refractivity contribution in [1.82, 2.24) is 13.7 Å². The molecular weight excluding hydrogens is 450 g/mol. The van der Waals surface area contributed by atoms with Gasteiger partial charge in [0.15, 0.2) is 0 Å². The molecule has 0 saturated heterocycles. The number of fused-ring (bicyclic) bond motifs is 9. The van der Waals surface area contributed by atoms with Gasteiger partial charge in [0.05, 0.1) is 5.52 Å². The van der Waals surface area contributed by atoms with Gasteiger partial charge in [-0.15, -0.1) is 0 Å². The predicted molar refractivity (Wildman–Crippen MR) is 158 cm³/mol. The molecule has 0 unspecified atom stereocenters. The fraction of sp³-hybridized carbons (Fsp3) is 0.118. The summed E-state index contributed by atoms with van der Waals surface area (Å²) in [4.78, 5) is 0. The topological polar surface area (TPSA) is 14.8 Å². The highest BCUT2D eigenvalue weighted by Crippen LogP contribution is 2.38. The van der Waals surface area contributed by atoms with E-state index in [1.165, 1.54) is 71.0 Å². The Morgan fingerprint density at radius 3 is 1.70 bits per heavy atom. The van der Waals surface area contributed by atoms with Crippen molar-refractivity contribution in [2.45, 2.75) is 20.0 Å². The molecule has 0 saturated carbocycles. The Hall–Kier alpha value is -4.50. The first-order valence-electron chi connectivity index (χ1n) is 13.1. The van der Waals surface area contributed by atoms with Crippen molar-refractivity contribution >= 4 is 65.4 Å². The monoisotopic (exact) mass is 477 g/mol. The summed E-state index contributed by atoms with van der Waals surface area (Å²) in [7, 11) is 2.18. The number of benzene rings is 5. The maximum Gasteiger partial charge on any atom is 0.0502 e. The van der Waals surface area contributed by atoms with E-state index in [1.54, 1.807) is 0 Å². The molecule has 3 nitrogen and oxygen atoms in total. The quantitative estimate of drug-likeness (QED) is 0.242. The van der Waals surface area contributed by atoms with Crippen molar-refractivity contribution in [3.8, 4) is 0 Å². The molecule has 0 aliphatic heterocycles. The molecule has 0 N–H and O–H groups in total. The van der Waals surface area contributed by atoms with Gasteiger partial charge in [0.25, 0.3) is 0 Å². The Labute approximate surface area is 214 Å². The molecule has 3 aromatic heterocycles. The van der Waals surface area contributed by atoms with Gasteiger partial charge in [-0.05, 0) is 48.9 Å². The van der Waals surface area contributed by atoms with Crippen LogP contribution in [0.15, 0.2) is 103 Å². The summed E-state index contributed by atoms with van der Waals surface area (Å²) in [5.74, 6) is 0. The first-order chi connectivity index (χ1) is 18.2. The molecule has 0 spiro atoms. The van der Waals surface area contributed by atoms with E-state index in [-0.39, 0.29) is 0 Å². The van der Waals surface area contributed by atoms with Crippen molar-refractivity contribution in [2.75, 3.05) is 0 Å². The number of hydrogen-bond acceptors (Lipinski definition) is 0. The molecule has 0 bridgehead atoms. The summed E-state index contributed by atoms with van der Waals surface area (Å²) in [6.45, 7) is 4.02. The highest BCUT2D eigenvalue weighted by Gasteiger charge is 2.18. The van der Waals surface area contributed by atoms with Gasteiger partial charge in [0.1, 0.15) is 0 Å². The van der Waals surface area contributed by atoms with Crippen LogP contribution in [0.1, 0.15) is 12.5 Å². The summed E-state index contributed by atoms with van der Waals surface area (Å²) >= 11 is 0. The van der Waals surface area contributed by atoms with E-state index in [2.05, 4.69) is 131 Å². The van der Waals surface area contributed by atoms with Gasteiger partial charge in [-0.25, -0.2) is 0 Å². The molecular formula is C34H27N3. The molecule has 5 aromatic carbocycles. The molecule has 37 heavy (non-hydrogen) atoms. The zero-order valence-corrected chi connectivity index (χ0v) is 21.1. The lowest BCUT2D eigenvalue weighted by atomic mass is 10.1. The van der Waals surface area contributed by atoms with Crippen LogP contribution in [0, 0.1) is 0 Å². The van der Waals surface area contributed by atoms with Crippen LogP contribution < -0.4 is 0 Å². The molecule has 8 aromatic rings. The Morgan fingerprint density at radius 1 is 0.486 bits per heavy atom. The second-order valence-corrected chi connectivity index (χ2v) is 10.1. The van der Waals surface area contributed by atoms with Crippen LogP contribution in [0.25, 0.3) is 65.4 Å². The molecule has 8 rings (SSSR count). The summed E-state index contributed by atoms with van der Waals surface area (Å²) < 4.78 is 7.30. The van der Waals surface area contributed by atoms with Gasteiger partial charge in [0, 0.05) is 80.0 Å². The lowest BCUT2D eigenvalue weighted by Crippen LogP contribution is -2.00. The fourth-order valence-electron chi connectivity index (χ4n) is 6.69. The highest BCUT2D eigenvalue weighted by molar-refractivity contribution is 6.18. The number of rotatable bonds is 3. The molecule has 0 aliphatic rings. The van der Waals surface area contributed by atoms with Crippen molar-refractivity contribution in [3.05, 3.63) is 109 Å². The summed E-state index contributed by atoms with van der Waals surface area (Å²) in [5, 5.41) is 7.98. The van der Waals surface area contributed by atoms with Gasteiger partial charge in [-0.1, -0.05) is 66.7 Å². The van der Waals surface area contributed by atoms with Crippen LogP contribution in [0.2, 0.25) is 0 Å².